The Morgan fingerprint density at radius 3 is 0.739 bits per heavy atom. The van der Waals surface area contributed by atoms with Crippen molar-refractivity contribution in [1.82, 2.24) is 0 Å². The van der Waals surface area contributed by atoms with E-state index in [1.165, 1.54) is 173 Å². The van der Waals surface area contributed by atoms with Crippen LogP contribution in [0, 0.1) is 17.8 Å². The van der Waals surface area contributed by atoms with E-state index in [4.69, 9.17) is 37.0 Å². The van der Waals surface area contributed by atoms with Crippen LogP contribution in [0.5, 0.6) is 0 Å². The van der Waals surface area contributed by atoms with Crippen molar-refractivity contribution >= 4 is 39.5 Å². The molecule has 2 unspecified atom stereocenters. The fourth-order valence-electron chi connectivity index (χ4n) is 11.1. The molecule has 0 aliphatic carbocycles. The quantitative estimate of drug-likeness (QED) is 0.0222. The van der Waals surface area contributed by atoms with Crippen LogP contribution in [0.15, 0.2) is 0 Å². The van der Waals surface area contributed by atoms with E-state index in [-0.39, 0.29) is 25.7 Å². The lowest BCUT2D eigenvalue weighted by atomic mass is 10.0. The van der Waals surface area contributed by atoms with Crippen LogP contribution in [0.3, 0.4) is 0 Å². The van der Waals surface area contributed by atoms with Gasteiger partial charge in [0, 0.05) is 25.7 Å². The van der Waals surface area contributed by atoms with Crippen molar-refractivity contribution in [2.75, 3.05) is 39.6 Å². The molecular weight excluding hydrogens is 1210 g/mol. The lowest BCUT2D eigenvalue weighted by Gasteiger charge is -2.21. The van der Waals surface area contributed by atoms with Gasteiger partial charge in [0.1, 0.15) is 19.3 Å². The van der Waals surface area contributed by atoms with Crippen molar-refractivity contribution in [2.45, 2.75) is 388 Å². The molecule has 3 N–H and O–H groups in total. The molecule has 5 atom stereocenters. The van der Waals surface area contributed by atoms with Crippen LogP contribution in [-0.4, -0.2) is 96.7 Å². The van der Waals surface area contributed by atoms with Crippen LogP contribution < -0.4 is 0 Å². The van der Waals surface area contributed by atoms with Crippen LogP contribution in [-0.2, 0) is 65.4 Å². The van der Waals surface area contributed by atoms with E-state index < -0.39 is 97.5 Å². The third kappa shape index (κ3) is 66.7. The highest BCUT2D eigenvalue weighted by Crippen LogP contribution is 2.45. The molecule has 0 amide bonds. The van der Waals surface area contributed by atoms with Crippen molar-refractivity contribution in [1.29, 1.82) is 0 Å². The Balaban J connectivity index is 5.23. The maximum atomic E-state index is 13.1. The van der Waals surface area contributed by atoms with Gasteiger partial charge in [0.25, 0.3) is 0 Å². The van der Waals surface area contributed by atoms with Crippen molar-refractivity contribution in [3.63, 3.8) is 0 Å². The molecule has 0 aromatic carbocycles. The van der Waals surface area contributed by atoms with Crippen LogP contribution >= 0.6 is 15.6 Å². The summed E-state index contributed by atoms with van der Waals surface area (Å²) >= 11 is 0. The van der Waals surface area contributed by atoms with Gasteiger partial charge in [-0.3, -0.25) is 37.3 Å². The second-order valence-electron chi connectivity index (χ2n) is 27.8. The molecular formula is C73H142O17P2. The Hall–Kier alpha value is -1.94. The summed E-state index contributed by atoms with van der Waals surface area (Å²) in [6, 6.07) is 0. The molecule has 0 aliphatic rings. The lowest BCUT2D eigenvalue weighted by Crippen LogP contribution is -2.30. The van der Waals surface area contributed by atoms with E-state index in [9.17, 15) is 43.2 Å². The van der Waals surface area contributed by atoms with Crippen molar-refractivity contribution in [3.05, 3.63) is 0 Å². The number of unbranched alkanes of at least 4 members (excludes halogenated alkanes) is 39. The summed E-state index contributed by atoms with van der Waals surface area (Å²) in [6.07, 6.45) is 48.8. The number of carbonyl (C=O) groups is 4. The van der Waals surface area contributed by atoms with E-state index in [0.29, 0.717) is 31.6 Å². The predicted octanol–water partition coefficient (Wildman–Crippen LogP) is 21.0. The van der Waals surface area contributed by atoms with E-state index in [0.717, 1.165) is 108 Å². The summed E-state index contributed by atoms with van der Waals surface area (Å²) in [5, 5.41) is 10.6. The number of esters is 4. The number of ether oxygens (including phenoxy) is 4. The summed E-state index contributed by atoms with van der Waals surface area (Å²) in [7, 11) is -9.91. The van der Waals surface area contributed by atoms with Crippen molar-refractivity contribution in [3.8, 4) is 0 Å². The second-order valence-corrected chi connectivity index (χ2v) is 30.7. The molecule has 0 fully saturated rings. The Morgan fingerprint density at radius 1 is 0.293 bits per heavy atom. The summed E-state index contributed by atoms with van der Waals surface area (Å²) < 4.78 is 68.4. The Labute approximate surface area is 562 Å². The molecule has 0 aromatic rings. The number of carbonyl (C=O) groups excluding carboxylic acids is 4. The number of phosphoric acid groups is 2. The number of hydrogen-bond donors (Lipinski definition) is 3. The van der Waals surface area contributed by atoms with Gasteiger partial charge in [-0.2, -0.15) is 0 Å². The van der Waals surface area contributed by atoms with E-state index in [2.05, 4.69) is 48.5 Å². The molecule has 0 heterocycles. The zero-order chi connectivity index (χ0) is 68.0. The minimum Gasteiger partial charge on any atom is -0.462 e. The highest BCUT2D eigenvalue weighted by molar-refractivity contribution is 7.47. The fraction of sp³-hybridized carbons (Fsp3) is 0.945. The fourth-order valence-corrected chi connectivity index (χ4v) is 12.7. The number of aliphatic hydroxyl groups is 1. The molecule has 0 saturated carbocycles. The molecule has 0 radical (unpaired) electrons. The first-order chi connectivity index (χ1) is 44.2. The van der Waals surface area contributed by atoms with Gasteiger partial charge in [0.05, 0.1) is 26.4 Å². The van der Waals surface area contributed by atoms with Crippen LogP contribution in [0.4, 0.5) is 0 Å². The van der Waals surface area contributed by atoms with Gasteiger partial charge < -0.3 is 33.8 Å². The molecule has 0 saturated heterocycles. The first-order valence-electron chi connectivity index (χ1n) is 37.8. The SMILES string of the molecule is CCCCCCCCCCCCCCCCCCCCC(=O)O[C@H](COC(=O)CCCCCCCCCCCCC(C)C)COP(=O)(O)OC[C@@H](O)COP(=O)(O)OC[C@@H](COC(=O)CCCCCCCCCC(C)C)OC(=O)CCCCCCCCCCC(C)C. The van der Waals surface area contributed by atoms with E-state index >= 15 is 0 Å². The summed E-state index contributed by atoms with van der Waals surface area (Å²) in [4.78, 5) is 72.6. The van der Waals surface area contributed by atoms with Crippen molar-refractivity contribution in [2.24, 2.45) is 17.8 Å². The molecule has 0 bridgehead atoms. The van der Waals surface area contributed by atoms with Crippen LogP contribution in [0.1, 0.15) is 370 Å². The summed E-state index contributed by atoms with van der Waals surface area (Å²) in [5.74, 6) is 0.0571. The van der Waals surface area contributed by atoms with Gasteiger partial charge in [-0.25, -0.2) is 9.13 Å². The first kappa shape index (κ1) is 90.1. The Morgan fingerprint density at radius 2 is 0.500 bits per heavy atom. The summed E-state index contributed by atoms with van der Waals surface area (Å²) in [6.45, 7) is 11.8. The molecule has 0 aliphatic heterocycles. The lowest BCUT2D eigenvalue weighted by molar-refractivity contribution is -0.161. The van der Waals surface area contributed by atoms with Gasteiger partial charge in [-0.15, -0.1) is 0 Å². The average Bonchev–Trinajstić information content (AvgIpc) is 2.74. The molecule has 0 aromatic heterocycles. The molecule has 17 nitrogen and oxygen atoms in total. The number of rotatable bonds is 71. The monoisotopic (exact) mass is 1350 g/mol. The highest BCUT2D eigenvalue weighted by atomic mass is 31.2. The standard InChI is InChI=1S/C73H142O17P2/c1-8-9-10-11-12-13-14-15-16-17-18-19-20-21-26-34-42-49-56-72(77)89-68(60-83-70(75)54-47-40-33-25-23-22-24-30-37-44-51-64(2)3)62-87-91(79,80)85-58-67(74)59-86-92(81,82)88-63-69(61-84-71(76)55-48-41-36-29-32-39-46-53-66(6)7)90-73(78)57-50-43-35-28-27-31-38-45-52-65(4)5/h64-69,74H,8-63H2,1-7H3,(H,79,80)(H,81,82)/t67-,68-,69-/m1/s1. The minimum absolute atomic E-state index is 0.104. The molecule has 92 heavy (non-hydrogen) atoms. The van der Waals surface area contributed by atoms with Gasteiger partial charge in [-0.1, -0.05) is 318 Å². The zero-order valence-electron chi connectivity index (χ0n) is 60.0. The molecule has 546 valence electrons. The van der Waals surface area contributed by atoms with Gasteiger partial charge >= 0.3 is 39.5 Å². The van der Waals surface area contributed by atoms with Gasteiger partial charge in [0.2, 0.25) is 0 Å². The highest BCUT2D eigenvalue weighted by Gasteiger charge is 2.30. The summed E-state index contributed by atoms with van der Waals surface area (Å²) in [5.41, 5.74) is 0. The first-order valence-corrected chi connectivity index (χ1v) is 40.8. The average molecular weight is 1350 g/mol. The number of phosphoric ester groups is 2. The smallest absolute Gasteiger partial charge is 0.462 e. The van der Waals surface area contributed by atoms with E-state index in [1.54, 1.807) is 0 Å². The van der Waals surface area contributed by atoms with Crippen molar-refractivity contribution < 1.29 is 80.2 Å². The van der Waals surface area contributed by atoms with Crippen LogP contribution in [0.25, 0.3) is 0 Å². The topological polar surface area (TPSA) is 237 Å². The van der Waals surface area contributed by atoms with Crippen LogP contribution in [0.2, 0.25) is 0 Å². The maximum absolute atomic E-state index is 13.1. The predicted molar refractivity (Wildman–Crippen MR) is 372 cm³/mol. The maximum Gasteiger partial charge on any atom is 0.472 e. The Bertz CT molecular complexity index is 1800. The third-order valence-corrected chi connectivity index (χ3v) is 18.8. The second kappa shape index (κ2) is 63.8. The zero-order valence-corrected chi connectivity index (χ0v) is 61.8. The number of aliphatic hydroxyl groups excluding tert-OH is 1. The van der Waals surface area contributed by atoms with E-state index in [1.807, 2.05) is 0 Å². The van der Waals surface area contributed by atoms with Gasteiger partial charge in [0.15, 0.2) is 12.2 Å². The van der Waals surface area contributed by atoms with Gasteiger partial charge in [-0.05, 0) is 43.4 Å². The third-order valence-electron chi connectivity index (χ3n) is 16.9. The molecule has 0 spiro atoms. The minimum atomic E-state index is -4.95. The molecule has 19 heteroatoms. The molecule has 0 rings (SSSR count). The largest absolute Gasteiger partial charge is 0.472 e. The normalized spacial score (nSPS) is 14.1. The Kier molecular flexibility index (Phi) is 62.4. The number of hydrogen-bond acceptors (Lipinski definition) is 15.